The Morgan fingerprint density at radius 2 is 1.81 bits per heavy atom. The van der Waals surface area contributed by atoms with Crippen molar-refractivity contribution in [3.05, 3.63) is 77.7 Å². The molecule has 63 heavy (non-hydrogen) atoms. The molecule has 338 valence electrons. The monoisotopic (exact) mass is 906 g/mol. The molecule has 4 aromatic rings. The third-order valence-electron chi connectivity index (χ3n) is 12.3. The summed E-state index contributed by atoms with van der Waals surface area (Å²) in [5, 5.41) is 10.6. The number of methoxy groups -OCH3 is 1. The number of halogens is 2. The van der Waals surface area contributed by atoms with Crippen LogP contribution in [0, 0.1) is 28.9 Å². The Balaban J connectivity index is 1.23. The van der Waals surface area contributed by atoms with Gasteiger partial charge in [-0.1, -0.05) is 45.8 Å². The van der Waals surface area contributed by atoms with E-state index in [4.69, 9.17) is 19.4 Å². The molecule has 3 aliphatic rings. The number of fused-ring (bicyclic) bond motifs is 1. The van der Waals surface area contributed by atoms with Crippen LogP contribution in [-0.2, 0) is 25.1 Å². The summed E-state index contributed by atoms with van der Waals surface area (Å²) in [5.74, 6) is -2.96. The first-order chi connectivity index (χ1) is 29.8. The molecule has 3 fully saturated rings. The van der Waals surface area contributed by atoms with Gasteiger partial charge in [0.2, 0.25) is 25.1 Å². The number of hydrogen-bond donors (Lipinski definition) is 4. The smallest absolute Gasteiger partial charge is 0.246 e. The molecular weight excluding hydrogens is 850 g/mol. The van der Waals surface area contributed by atoms with Crippen LogP contribution in [0.2, 0.25) is 0 Å². The topological polar surface area (TPSA) is 172 Å². The van der Waals surface area contributed by atoms with Gasteiger partial charge in [0, 0.05) is 53.3 Å². The molecule has 1 saturated heterocycles. The van der Waals surface area contributed by atoms with Crippen LogP contribution in [0.4, 0.5) is 13.9 Å². The summed E-state index contributed by atoms with van der Waals surface area (Å²) in [4.78, 5) is 65.8. The zero-order valence-electron chi connectivity index (χ0n) is 36.6. The summed E-state index contributed by atoms with van der Waals surface area (Å²) in [6, 6.07) is 8.19. The number of nitrogens with one attached hydrogen (secondary N) is 3. The van der Waals surface area contributed by atoms with Gasteiger partial charge in [-0.25, -0.2) is 18.7 Å². The number of anilines is 1. The molecule has 6 atom stereocenters. The van der Waals surface area contributed by atoms with E-state index in [0.717, 1.165) is 49.0 Å². The van der Waals surface area contributed by atoms with E-state index in [1.165, 1.54) is 22.3 Å². The number of benzene rings is 2. The van der Waals surface area contributed by atoms with E-state index >= 15 is 0 Å². The van der Waals surface area contributed by atoms with Crippen molar-refractivity contribution < 1.29 is 42.1 Å². The van der Waals surface area contributed by atoms with E-state index in [9.17, 15) is 32.6 Å². The normalized spacial score (nSPS) is 22.7. The fraction of sp³-hybridized carbons (Fsp3) is 0.500. The van der Waals surface area contributed by atoms with E-state index in [2.05, 4.69) is 22.5 Å². The van der Waals surface area contributed by atoms with Gasteiger partial charge < -0.3 is 35.2 Å². The van der Waals surface area contributed by atoms with Gasteiger partial charge in [-0.2, -0.15) is 0 Å². The van der Waals surface area contributed by atoms with Crippen LogP contribution >= 0.6 is 18.7 Å². The minimum atomic E-state index is -4.60. The summed E-state index contributed by atoms with van der Waals surface area (Å²) < 4.78 is 56.2. The standard InChI is InChI=1S/C46H57F2N6O7PS/c1-8-28-22-46(28,62(58,59)24-32-33(47)14-11-15-34(32)48)53-42(56)38-20-30(23-54(38)43(57)41(45(4,5)6)52-40(55)18-27-12-9-10-13-27)61-39-21-36(37-25-63-44(51-37)49-26(2)3)50-35-19-29(60-7)16-17-31(35)39/h8,11,14-17,19,21,25-28,30,38,41H,1,9-10,12-13,18,20,22-24H2,2-7H3,(H,49,51)(H,52,55)(H,53,56)(H,58,59)/t28-,30-,38+,41-,46+/m1/s1. The number of aromatic nitrogens is 2. The minimum absolute atomic E-state index is 0.00517. The number of amides is 3. The molecule has 17 heteroatoms. The van der Waals surface area contributed by atoms with Crippen LogP contribution in [-0.4, -0.2) is 80.6 Å². The zero-order valence-corrected chi connectivity index (χ0v) is 38.3. The molecule has 2 aromatic carbocycles. The Hall–Kier alpha value is -4.92. The SMILES string of the molecule is C=C[C@@H]1C[C@]1(NC(=O)[C@@H]1C[C@@H](Oc2cc(-c3csc(NC(C)C)n3)nc3cc(OC)ccc23)CN1C(=O)[C@@H](NC(=O)CC1CCCC1)C(C)(C)C)P(=O)(O)Cc1c(F)cccc1F. The molecule has 7 rings (SSSR count). The zero-order chi connectivity index (χ0) is 45.4. The summed E-state index contributed by atoms with van der Waals surface area (Å²) >= 11 is 1.44. The maximum Gasteiger partial charge on any atom is 0.246 e. The number of carbonyl (C=O) groups is 3. The number of thiazole rings is 1. The molecule has 2 saturated carbocycles. The molecule has 0 radical (unpaired) electrons. The Kier molecular flexibility index (Phi) is 13.4. The lowest BCUT2D eigenvalue weighted by Gasteiger charge is -2.36. The molecule has 2 aliphatic carbocycles. The number of pyridine rings is 1. The number of rotatable bonds is 16. The number of nitrogens with zero attached hydrogens (tertiary/aromatic N) is 3. The molecule has 3 amide bonds. The second kappa shape index (κ2) is 18.3. The van der Waals surface area contributed by atoms with Gasteiger partial charge in [0.05, 0.1) is 31.0 Å². The summed E-state index contributed by atoms with van der Waals surface area (Å²) in [7, 11) is -3.04. The van der Waals surface area contributed by atoms with Crippen LogP contribution in [0.5, 0.6) is 11.5 Å². The Bertz CT molecular complexity index is 2420. The first-order valence-corrected chi connectivity index (χ1v) is 24.2. The maximum atomic E-state index is 14.9. The highest BCUT2D eigenvalue weighted by Crippen LogP contribution is 2.71. The highest BCUT2D eigenvalue weighted by atomic mass is 32.1. The highest BCUT2D eigenvalue weighted by molar-refractivity contribution is 7.59. The average Bonchev–Trinajstić information content (AvgIpc) is 3.62. The molecule has 3 heterocycles. The van der Waals surface area contributed by atoms with Crippen LogP contribution in [0.25, 0.3) is 22.3 Å². The van der Waals surface area contributed by atoms with E-state index in [-0.39, 0.29) is 43.7 Å². The second-order valence-corrected chi connectivity index (χ2v) is 21.8. The molecule has 0 bridgehead atoms. The number of ether oxygens (including phenoxy) is 2. The third kappa shape index (κ3) is 9.93. The van der Waals surface area contributed by atoms with Crippen molar-refractivity contribution in [2.75, 3.05) is 19.0 Å². The molecule has 1 aliphatic heterocycles. The molecule has 0 spiro atoms. The van der Waals surface area contributed by atoms with Crippen molar-refractivity contribution in [3.63, 3.8) is 0 Å². The number of likely N-dealkylation sites (tertiary alicyclic amines) is 1. The molecule has 1 unspecified atom stereocenters. The van der Waals surface area contributed by atoms with Crippen LogP contribution < -0.4 is 25.4 Å². The highest BCUT2D eigenvalue weighted by Gasteiger charge is 2.66. The van der Waals surface area contributed by atoms with Crippen LogP contribution in [0.3, 0.4) is 0 Å². The fourth-order valence-corrected chi connectivity index (χ4v) is 12.1. The van der Waals surface area contributed by atoms with Gasteiger partial charge in [-0.3, -0.25) is 18.9 Å². The first-order valence-electron chi connectivity index (χ1n) is 21.5. The lowest BCUT2D eigenvalue weighted by Crippen LogP contribution is -2.58. The quantitative estimate of drug-likeness (QED) is 0.0632. The van der Waals surface area contributed by atoms with E-state index < -0.39 is 77.3 Å². The van der Waals surface area contributed by atoms with Crippen molar-refractivity contribution in [2.24, 2.45) is 17.3 Å². The van der Waals surface area contributed by atoms with Gasteiger partial charge in [-0.05, 0) is 68.7 Å². The molecule has 13 nitrogen and oxygen atoms in total. The number of carbonyl (C=O) groups excluding carboxylic acids is 3. The Morgan fingerprint density at radius 1 is 1.10 bits per heavy atom. The van der Waals surface area contributed by atoms with Gasteiger partial charge >= 0.3 is 0 Å². The molecular formula is C46H57F2N6O7PS. The fourth-order valence-electron chi connectivity index (χ4n) is 8.83. The average molecular weight is 907 g/mol. The minimum Gasteiger partial charge on any atom is -0.497 e. The number of hydrogen-bond acceptors (Lipinski definition) is 10. The molecule has 2 aromatic heterocycles. The van der Waals surface area contributed by atoms with Crippen molar-refractivity contribution in [1.82, 2.24) is 25.5 Å². The van der Waals surface area contributed by atoms with E-state index in [1.807, 2.05) is 46.1 Å². The Labute approximate surface area is 370 Å². The summed E-state index contributed by atoms with van der Waals surface area (Å²) in [6.07, 6.45) is 4.01. The second-order valence-electron chi connectivity index (χ2n) is 18.4. The van der Waals surface area contributed by atoms with Crippen molar-refractivity contribution in [1.29, 1.82) is 0 Å². The van der Waals surface area contributed by atoms with Gasteiger partial charge in [0.25, 0.3) is 0 Å². The van der Waals surface area contributed by atoms with Gasteiger partial charge in [-0.15, -0.1) is 17.9 Å². The molecule has 4 N–H and O–H groups in total. The van der Waals surface area contributed by atoms with E-state index in [1.54, 1.807) is 25.3 Å². The maximum absolute atomic E-state index is 14.9. The third-order valence-corrected chi connectivity index (χ3v) is 15.7. The lowest BCUT2D eigenvalue weighted by atomic mass is 9.85. The predicted molar refractivity (Wildman–Crippen MR) is 240 cm³/mol. The van der Waals surface area contributed by atoms with Gasteiger partial charge in [0.15, 0.2) is 5.13 Å². The van der Waals surface area contributed by atoms with Crippen LogP contribution in [0.15, 0.2) is 60.5 Å². The Morgan fingerprint density at radius 3 is 2.44 bits per heavy atom. The summed E-state index contributed by atoms with van der Waals surface area (Å²) in [6.45, 7) is 13.3. The van der Waals surface area contributed by atoms with E-state index in [0.29, 0.717) is 33.8 Å². The van der Waals surface area contributed by atoms with Crippen molar-refractivity contribution in [2.45, 2.75) is 115 Å². The predicted octanol–water partition coefficient (Wildman–Crippen LogP) is 8.41. The van der Waals surface area contributed by atoms with Crippen molar-refractivity contribution in [3.8, 4) is 22.9 Å². The van der Waals surface area contributed by atoms with Crippen molar-refractivity contribution >= 4 is 52.5 Å². The van der Waals surface area contributed by atoms with Crippen LogP contribution in [0.1, 0.15) is 85.1 Å². The lowest BCUT2D eigenvalue weighted by molar-refractivity contribution is -0.144. The van der Waals surface area contributed by atoms with Gasteiger partial charge in [0.1, 0.15) is 52.3 Å². The largest absolute Gasteiger partial charge is 0.497 e. The first kappa shape index (κ1) is 46.1. The summed E-state index contributed by atoms with van der Waals surface area (Å²) in [5.41, 5.74) is 0.334.